The first-order chi connectivity index (χ1) is 36.8. The number of ketones is 1. The van der Waals surface area contributed by atoms with E-state index in [1.807, 2.05) is 56.4 Å². The molecule has 4 aromatic carbocycles. The number of aromatic amines is 1. The molecule has 14 heteroatoms. The van der Waals surface area contributed by atoms with Crippen LogP contribution in [0, 0.1) is 13.8 Å². The zero-order valence-corrected chi connectivity index (χ0v) is 44.5. The minimum absolute atomic E-state index is 0.0689. The van der Waals surface area contributed by atoms with Crippen LogP contribution in [0.1, 0.15) is 84.7 Å². The molecule has 7 aromatic rings. The third kappa shape index (κ3) is 14.3. The molecule has 2 saturated heterocycles. The van der Waals surface area contributed by atoms with Crippen LogP contribution in [0.5, 0.6) is 5.75 Å². The monoisotopic (exact) mass is 1020 g/mol. The number of furan rings is 1. The zero-order valence-electron chi connectivity index (χ0n) is 44.5. The van der Waals surface area contributed by atoms with Crippen molar-refractivity contribution in [1.29, 1.82) is 0 Å². The molecule has 0 atom stereocenters. The van der Waals surface area contributed by atoms with Crippen LogP contribution >= 0.6 is 0 Å². The Kier molecular flexibility index (Phi) is 19.5. The number of amides is 1. The highest BCUT2D eigenvalue weighted by atomic mass is 16.6. The van der Waals surface area contributed by atoms with Crippen molar-refractivity contribution in [3.8, 4) is 17.0 Å². The number of anilines is 1. The molecule has 400 valence electrons. The maximum Gasteiger partial charge on any atom is 0.220 e. The van der Waals surface area contributed by atoms with E-state index in [-0.39, 0.29) is 11.7 Å². The second kappa shape index (κ2) is 27.2. The molecule has 75 heavy (non-hydrogen) atoms. The van der Waals surface area contributed by atoms with Gasteiger partial charge < -0.3 is 58.1 Å². The first-order valence-corrected chi connectivity index (χ1v) is 27.6. The first-order valence-electron chi connectivity index (χ1n) is 27.6. The van der Waals surface area contributed by atoms with E-state index in [1.54, 1.807) is 0 Å². The lowest BCUT2D eigenvalue weighted by molar-refractivity contribution is -0.121. The third-order valence-electron chi connectivity index (χ3n) is 14.8. The summed E-state index contributed by atoms with van der Waals surface area (Å²) in [6, 6.07) is 29.7. The van der Waals surface area contributed by atoms with Gasteiger partial charge in [-0.3, -0.25) is 9.59 Å². The summed E-state index contributed by atoms with van der Waals surface area (Å²) in [5, 5.41) is 10.1. The minimum atomic E-state index is -0.0852. The Morgan fingerprint density at radius 2 is 1.44 bits per heavy atom. The summed E-state index contributed by atoms with van der Waals surface area (Å²) < 4.78 is 37.8. The van der Waals surface area contributed by atoms with E-state index in [1.165, 1.54) is 59.2 Å². The van der Waals surface area contributed by atoms with Gasteiger partial charge in [0.25, 0.3) is 0 Å². The Morgan fingerprint density at radius 3 is 2.20 bits per heavy atom. The van der Waals surface area contributed by atoms with Gasteiger partial charge in [-0.25, -0.2) is 0 Å². The lowest BCUT2D eigenvalue weighted by Crippen LogP contribution is -2.40. The van der Waals surface area contributed by atoms with Crippen molar-refractivity contribution in [3.05, 3.63) is 119 Å². The summed E-state index contributed by atoms with van der Waals surface area (Å²) in [5.41, 5.74) is 9.85. The number of carbonyl (C=O) groups excluding carboxylic acids is 2. The Labute approximate surface area is 442 Å². The molecule has 3 aromatic heterocycles. The number of hydrogen-bond acceptors (Lipinski definition) is 11. The molecule has 2 aliphatic heterocycles. The Balaban J connectivity index is 0.584. The van der Waals surface area contributed by atoms with Crippen molar-refractivity contribution in [2.75, 3.05) is 111 Å². The minimum Gasteiger partial charge on any atom is -0.493 e. The molecule has 5 heterocycles. The Morgan fingerprint density at radius 1 is 0.720 bits per heavy atom. The van der Waals surface area contributed by atoms with Crippen LogP contribution in [0.3, 0.4) is 0 Å². The van der Waals surface area contributed by atoms with Gasteiger partial charge in [-0.05, 0) is 144 Å². The number of aryl methyl sites for hydroxylation is 4. The van der Waals surface area contributed by atoms with E-state index in [0.29, 0.717) is 114 Å². The fourth-order valence-corrected chi connectivity index (χ4v) is 10.9. The molecule has 2 aliphatic rings. The van der Waals surface area contributed by atoms with Gasteiger partial charge in [0.05, 0.1) is 70.5 Å². The number of rotatable bonds is 30. The quantitative estimate of drug-likeness (QED) is 0.0292. The van der Waals surface area contributed by atoms with Crippen molar-refractivity contribution in [1.82, 2.24) is 24.7 Å². The third-order valence-corrected chi connectivity index (χ3v) is 14.8. The number of nitrogens with one attached hydrogen (secondary N) is 3. The SMILES string of the molecule is CCn1c(-c2ccc3[nH]ccc3c2)cc2c(NC3CCN(CCOCCOCCOCCOCCNC(=O)CCCc4oc5ccccc5c4C(=O)c4cc(C)c(OCCCN5CCCC5)c(C)c4)CC3)cccc21. The molecule has 3 N–H and O–H groups in total. The number of H-pyrrole nitrogens is 1. The van der Waals surface area contributed by atoms with Gasteiger partial charge in [-0.1, -0.05) is 30.3 Å². The normalized spacial score (nSPS) is 14.7. The van der Waals surface area contributed by atoms with E-state index < -0.39 is 0 Å². The molecular formula is C61H78N6O8. The van der Waals surface area contributed by atoms with Crippen molar-refractivity contribution in [2.24, 2.45) is 0 Å². The Hall–Kier alpha value is -6.00. The summed E-state index contributed by atoms with van der Waals surface area (Å²) >= 11 is 0. The smallest absolute Gasteiger partial charge is 0.220 e. The number of para-hydroxylation sites is 1. The second-order valence-corrected chi connectivity index (χ2v) is 20.1. The van der Waals surface area contributed by atoms with Crippen LogP contribution in [0.15, 0.2) is 95.5 Å². The maximum absolute atomic E-state index is 14.1. The van der Waals surface area contributed by atoms with Crippen LogP contribution in [0.25, 0.3) is 44.0 Å². The summed E-state index contributed by atoms with van der Waals surface area (Å²) in [6.45, 7) is 18.6. The van der Waals surface area contributed by atoms with Crippen molar-refractivity contribution in [3.63, 3.8) is 0 Å². The number of piperidine rings is 1. The van der Waals surface area contributed by atoms with E-state index in [0.717, 1.165) is 79.8 Å². The number of likely N-dealkylation sites (tertiary alicyclic amines) is 2. The standard InChI is InChI=1S/C61H78N6O8/c1-4-67-54-14-9-13-53(51(54)43-55(67)47-18-19-52-46(42-47)20-23-62-52)64-49-21-28-66(29-22-49)30-33-71-35-37-73-39-38-72-36-34-70-32-24-63-58(68)17-10-16-57-59(50-12-5-6-15-56(50)75-57)60(69)48-40-44(2)61(45(3)41-48)74-31-11-27-65-25-7-8-26-65/h5-6,9,12-15,18-20,23,40-43,49,62,64H,4,7-8,10-11,16-17,21-22,24-39H2,1-3H3,(H,63,68). The van der Waals surface area contributed by atoms with Crippen LogP contribution in [-0.2, 0) is 36.7 Å². The number of fused-ring (bicyclic) bond motifs is 3. The summed E-state index contributed by atoms with van der Waals surface area (Å²) in [6.07, 6.45) is 9.05. The fourth-order valence-electron chi connectivity index (χ4n) is 10.9. The van der Waals surface area contributed by atoms with Crippen molar-refractivity contribution in [2.45, 2.75) is 84.7 Å². The van der Waals surface area contributed by atoms with Gasteiger partial charge in [0, 0.05) is 103 Å². The predicted octanol–water partition coefficient (Wildman–Crippen LogP) is 10.4. The van der Waals surface area contributed by atoms with Gasteiger partial charge >= 0.3 is 0 Å². The van der Waals surface area contributed by atoms with Crippen molar-refractivity contribution < 1.29 is 37.7 Å². The highest BCUT2D eigenvalue weighted by molar-refractivity contribution is 6.17. The van der Waals surface area contributed by atoms with Crippen LogP contribution in [0.4, 0.5) is 5.69 Å². The summed E-state index contributed by atoms with van der Waals surface area (Å²) in [4.78, 5) is 35.2. The van der Waals surface area contributed by atoms with Gasteiger partial charge in [0.1, 0.15) is 17.1 Å². The van der Waals surface area contributed by atoms with Crippen LogP contribution in [0.2, 0.25) is 0 Å². The number of carbonyl (C=O) groups is 2. The number of hydrogen-bond donors (Lipinski definition) is 3. The number of nitrogens with zero attached hydrogens (tertiary/aromatic N) is 3. The van der Waals surface area contributed by atoms with Crippen LogP contribution in [-0.4, -0.2) is 142 Å². The largest absolute Gasteiger partial charge is 0.493 e. The number of benzene rings is 4. The zero-order chi connectivity index (χ0) is 51.8. The van der Waals surface area contributed by atoms with E-state index in [2.05, 4.69) is 85.4 Å². The lowest BCUT2D eigenvalue weighted by atomic mass is 9.95. The molecule has 9 rings (SSSR count). The van der Waals surface area contributed by atoms with Crippen LogP contribution < -0.4 is 15.4 Å². The molecule has 0 radical (unpaired) electrons. The summed E-state index contributed by atoms with van der Waals surface area (Å²) in [7, 11) is 0. The summed E-state index contributed by atoms with van der Waals surface area (Å²) in [5.74, 6) is 1.30. The second-order valence-electron chi connectivity index (χ2n) is 20.1. The molecule has 14 nitrogen and oxygen atoms in total. The van der Waals surface area contributed by atoms with E-state index in [4.69, 9.17) is 28.1 Å². The molecule has 0 unspecified atom stereocenters. The van der Waals surface area contributed by atoms with Gasteiger partial charge in [-0.15, -0.1) is 0 Å². The molecule has 2 fully saturated rings. The van der Waals surface area contributed by atoms with E-state index >= 15 is 0 Å². The molecule has 0 spiro atoms. The highest BCUT2D eigenvalue weighted by Gasteiger charge is 2.25. The molecule has 0 bridgehead atoms. The number of aromatic nitrogens is 2. The maximum atomic E-state index is 14.1. The van der Waals surface area contributed by atoms with Crippen molar-refractivity contribution >= 4 is 50.2 Å². The predicted molar refractivity (Wildman–Crippen MR) is 299 cm³/mol. The molecular weight excluding hydrogens is 945 g/mol. The fraction of sp³-hybridized carbons (Fsp3) is 0.475. The topological polar surface area (TPSA) is 145 Å². The number of ether oxygens (including phenoxy) is 5. The molecule has 0 saturated carbocycles. The van der Waals surface area contributed by atoms with Gasteiger partial charge in [0.15, 0.2) is 5.78 Å². The highest BCUT2D eigenvalue weighted by Crippen LogP contribution is 2.36. The van der Waals surface area contributed by atoms with Gasteiger partial charge in [0.2, 0.25) is 5.91 Å². The molecule has 0 aliphatic carbocycles. The Bertz CT molecular complexity index is 2920. The lowest BCUT2D eigenvalue weighted by Gasteiger charge is -2.32. The van der Waals surface area contributed by atoms with Gasteiger partial charge in [-0.2, -0.15) is 0 Å². The average molecular weight is 1020 g/mol. The first kappa shape index (κ1) is 53.8. The molecule has 1 amide bonds. The van der Waals surface area contributed by atoms with E-state index in [9.17, 15) is 9.59 Å². The average Bonchev–Trinajstić information content (AvgIpc) is 4.28.